The van der Waals surface area contributed by atoms with E-state index in [1.54, 1.807) is 6.20 Å². The van der Waals surface area contributed by atoms with Crippen molar-refractivity contribution in [1.29, 1.82) is 0 Å². The van der Waals surface area contributed by atoms with Crippen LogP contribution in [0.4, 0.5) is 5.69 Å². The highest BCUT2D eigenvalue weighted by Gasteiger charge is 2.24. The van der Waals surface area contributed by atoms with Gasteiger partial charge in [0, 0.05) is 55.1 Å². The van der Waals surface area contributed by atoms with Crippen LogP contribution in [0.5, 0.6) is 0 Å². The number of carbonyl (C=O) groups excluding carboxylic acids is 1. The van der Waals surface area contributed by atoms with Gasteiger partial charge in [0.25, 0.3) is 0 Å². The molecule has 0 radical (unpaired) electrons. The van der Waals surface area contributed by atoms with Gasteiger partial charge in [0.2, 0.25) is 5.91 Å². The molecule has 220 valence electrons. The van der Waals surface area contributed by atoms with Crippen molar-refractivity contribution in [2.75, 3.05) is 24.2 Å². The van der Waals surface area contributed by atoms with Crippen molar-refractivity contribution in [1.82, 2.24) is 19.4 Å². The summed E-state index contributed by atoms with van der Waals surface area (Å²) in [7, 11) is 0. The molecular weight excluding hydrogens is 558 g/mol. The standard InChI is InChI=1S/C34H35N5O3S/c40-22-24-18-29(25-4-2-1-3-5-25)33(35-20-24)26-8-6-23(7-9-26)21-38-15-12-28(13-16-38)39-31-19-27(36-32(41)14-17-43)10-11-30(31)37-34(39)42/h1-11,18-20,28,40,43H,12-17,21-22H2,(H,36,41)(H,37,42). The number of amides is 1. The molecule has 0 unspecified atom stereocenters. The summed E-state index contributed by atoms with van der Waals surface area (Å²) in [5.74, 6) is 0.393. The summed E-state index contributed by atoms with van der Waals surface area (Å²) in [6.45, 7) is 2.55. The number of aromatic amines is 1. The second kappa shape index (κ2) is 13.0. The van der Waals surface area contributed by atoms with Crippen molar-refractivity contribution >= 4 is 35.3 Å². The predicted octanol–water partition coefficient (Wildman–Crippen LogP) is 5.65. The van der Waals surface area contributed by atoms with E-state index in [0.717, 1.165) is 71.5 Å². The normalized spacial score (nSPS) is 14.3. The van der Waals surface area contributed by atoms with Crippen LogP contribution in [0.2, 0.25) is 0 Å². The van der Waals surface area contributed by atoms with Gasteiger partial charge in [0.15, 0.2) is 0 Å². The van der Waals surface area contributed by atoms with E-state index in [1.807, 2.05) is 47.0 Å². The van der Waals surface area contributed by atoms with Crippen LogP contribution < -0.4 is 11.0 Å². The van der Waals surface area contributed by atoms with E-state index in [-0.39, 0.29) is 24.2 Å². The number of aliphatic hydroxyl groups is 1. The maximum atomic E-state index is 12.9. The predicted molar refractivity (Wildman–Crippen MR) is 174 cm³/mol. The average molecular weight is 594 g/mol. The largest absolute Gasteiger partial charge is 0.392 e. The highest BCUT2D eigenvalue weighted by molar-refractivity contribution is 7.80. The van der Waals surface area contributed by atoms with Crippen molar-refractivity contribution in [2.45, 2.75) is 38.5 Å². The molecule has 0 atom stereocenters. The van der Waals surface area contributed by atoms with Gasteiger partial charge in [-0.1, -0.05) is 54.6 Å². The number of likely N-dealkylation sites (tertiary alicyclic amines) is 1. The summed E-state index contributed by atoms with van der Waals surface area (Å²) < 4.78 is 1.86. The van der Waals surface area contributed by atoms with Crippen LogP contribution >= 0.6 is 12.6 Å². The molecule has 1 saturated heterocycles. The number of benzene rings is 3. The monoisotopic (exact) mass is 593 g/mol. The Kier molecular flexibility index (Phi) is 8.74. The lowest BCUT2D eigenvalue weighted by atomic mass is 9.97. The zero-order valence-corrected chi connectivity index (χ0v) is 24.8. The number of piperidine rings is 1. The molecular formula is C34H35N5O3S. The van der Waals surface area contributed by atoms with Crippen molar-refractivity contribution in [3.05, 3.63) is 107 Å². The van der Waals surface area contributed by atoms with Crippen LogP contribution in [-0.2, 0) is 17.9 Å². The lowest BCUT2D eigenvalue weighted by Gasteiger charge is -2.32. The number of imidazole rings is 1. The van der Waals surface area contributed by atoms with E-state index in [2.05, 4.69) is 64.2 Å². The van der Waals surface area contributed by atoms with Crippen LogP contribution in [0, 0.1) is 0 Å². The third-order valence-corrected chi connectivity index (χ3v) is 8.33. The van der Waals surface area contributed by atoms with Gasteiger partial charge < -0.3 is 15.4 Å². The number of anilines is 1. The number of aromatic nitrogens is 3. The van der Waals surface area contributed by atoms with E-state index in [1.165, 1.54) is 5.56 Å². The van der Waals surface area contributed by atoms with Gasteiger partial charge in [-0.25, -0.2) is 4.79 Å². The third-order valence-electron chi connectivity index (χ3n) is 8.11. The molecule has 3 N–H and O–H groups in total. The molecule has 9 heteroatoms. The summed E-state index contributed by atoms with van der Waals surface area (Å²) in [5, 5.41) is 12.6. The second-order valence-corrected chi connectivity index (χ2v) is 11.5. The molecule has 1 fully saturated rings. The summed E-state index contributed by atoms with van der Waals surface area (Å²) in [5.41, 5.74) is 8.17. The molecule has 1 aliphatic rings. The number of aliphatic hydroxyl groups excluding tert-OH is 1. The fraction of sp³-hybridized carbons (Fsp3) is 0.265. The Hall–Kier alpha value is -4.18. The number of carbonyl (C=O) groups is 1. The van der Waals surface area contributed by atoms with Crippen LogP contribution in [-0.4, -0.2) is 49.3 Å². The molecule has 8 nitrogen and oxygen atoms in total. The fourth-order valence-corrected chi connectivity index (χ4v) is 6.11. The summed E-state index contributed by atoms with van der Waals surface area (Å²) in [4.78, 5) is 35.1. The minimum atomic E-state index is -0.113. The van der Waals surface area contributed by atoms with Gasteiger partial charge in [-0.2, -0.15) is 12.6 Å². The van der Waals surface area contributed by atoms with Gasteiger partial charge in [-0.05, 0) is 59.6 Å². The first-order chi connectivity index (χ1) is 21.0. The first-order valence-electron chi connectivity index (χ1n) is 14.6. The molecule has 0 spiro atoms. The lowest BCUT2D eigenvalue weighted by Crippen LogP contribution is -2.36. The molecule has 2 aromatic heterocycles. The molecule has 3 aromatic carbocycles. The zero-order valence-electron chi connectivity index (χ0n) is 23.9. The van der Waals surface area contributed by atoms with Gasteiger partial charge in [-0.3, -0.25) is 19.2 Å². The van der Waals surface area contributed by atoms with E-state index in [4.69, 9.17) is 4.98 Å². The van der Waals surface area contributed by atoms with Crippen LogP contribution in [0.15, 0.2) is 89.9 Å². The Balaban J connectivity index is 1.13. The fourth-order valence-electron chi connectivity index (χ4n) is 5.91. The van der Waals surface area contributed by atoms with Crippen molar-refractivity contribution in [3.63, 3.8) is 0 Å². The molecule has 0 aliphatic carbocycles. The smallest absolute Gasteiger partial charge is 0.326 e. The average Bonchev–Trinajstić information content (AvgIpc) is 3.37. The van der Waals surface area contributed by atoms with Crippen LogP contribution in [0.3, 0.4) is 0 Å². The number of hydrogen-bond donors (Lipinski definition) is 4. The number of fused-ring (bicyclic) bond motifs is 1. The van der Waals surface area contributed by atoms with Gasteiger partial charge in [-0.15, -0.1) is 0 Å². The van der Waals surface area contributed by atoms with Crippen LogP contribution in [0.1, 0.15) is 36.4 Å². The van der Waals surface area contributed by atoms with Crippen LogP contribution in [0.25, 0.3) is 33.4 Å². The lowest BCUT2D eigenvalue weighted by molar-refractivity contribution is -0.115. The zero-order chi connectivity index (χ0) is 29.8. The maximum Gasteiger partial charge on any atom is 0.326 e. The Morgan fingerprint density at radius 3 is 2.47 bits per heavy atom. The van der Waals surface area contributed by atoms with E-state index >= 15 is 0 Å². The third kappa shape index (κ3) is 6.44. The summed E-state index contributed by atoms with van der Waals surface area (Å²) in [6, 6.07) is 26.3. The Morgan fingerprint density at radius 2 is 1.74 bits per heavy atom. The van der Waals surface area contributed by atoms with Gasteiger partial charge in [0.1, 0.15) is 0 Å². The van der Waals surface area contributed by atoms with Crippen molar-refractivity contribution in [3.8, 4) is 22.4 Å². The molecule has 43 heavy (non-hydrogen) atoms. The Labute approximate surface area is 255 Å². The van der Waals surface area contributed by atoms with E-state index < -0.39 is 0 Å². The maximum absolute atomic E-state index is 12.9. The Morgan fingerprint density at radius 1 is 0.977 bits per heavy atom. The number of thiol groups is 1. The summed E-state index contributed by atoms with van der Waals surface area (Å²) >= 11 is 4.13. The topological polar surface area (TPSA) is 103 Å². The molecule has 0 saturated carbocycles. The molecule has 3 heterocycles. The SMILES string of the molecule is O=C(CCS)Nc1ccc2[nH]c(=O)n(C3CCN(Cc4ccc(-c5ncc(CO)cc5-c5ccccc5)cc4)CC3)c2c1. The quantitative estimate of drug-likeness (QED) is 0.166. The number of H-pyrrole nitrogens is 1. The highest BCUT2D eigenvalue weighted by atomic mass is 32.1. The first kappa shape index (κ1) is 28.9. The summed E-state index contributed by atoms with van der Waals surface area (Å²) in [6.07, 6.45) is 3.80. The van der Waals surface area contributed by atoms with E-state index in [9.17, 15) is 14.7 Å². The number of nitrogens with zero attached hydrogens (tertiary/aromatic N) is 3. The molecule has 1 aliphatic heterocycles. The number of hydrogen-bond acceptors (Lipinski definition) is 6. The molecule has 0 bridgehead atoms. The van der Waals surface area contributed by atoms with Gasteiger partial charge in [0.05, 0.1) is 23.3 Å². The minimum Gasteiger partial charge on any atom is -0.392 e. The van der Waals surface area contributed by atoms with Crippen molar-refractivity contribution in [2.24, 2.45) is 0 Å². The number of nitrogens with one attached hydrogen (secondary N) is 2. The second-order valence-electron chi connectivity index (χ2n) is 11.0. The first-order valence-corrected chi connectivity index (χ1v) is 15.3. The Bertz CT molecular complexity index is 1770. The van der Waals surface area contributed by atoms with E-state index in [0.29, 0.717) is 17.9 Å². The molecule has 6 rings (SSSR count). The minimum absolute atomic E-state index is 0.0480. The molecule has 5 aromatic rings. The number of rotatable bonds is 9. The highest BCUT2D eigenvalue weighted by Crippen LogP contribution is 2.32. The number of pyridine rings is 1. The van der Waals surface area contributed by atoms with Crippen molar-refractivity contribution < 1.29 is 9.90 Å². The van der Waals surface area contributed by atoms with Gasteiger partial charge >= 0.3 is 5.69 Å². The molecule has 1 amide bonds.